The van der Waals surface area contributed by atoms with E-state index in [0.717, 1.165) is 27.9 Å². The molecule has 5 heteroatoms. The van der Waals surface area contributed by atoms with E-state index in [2.05, 4.69) is 16.4 Å². The molecule has 0 saturated heterocycles. The molecule has 2 aromatic carbocycles. The zero-order chi connectivity index (χ0) is 21.0. The number of hydrogen-bond donors (Lipinski definition) is 2. The van der Waals surface area contributed by atoms with Gasteiger partial charge in [0.15, 0.2) is 0 Å². The number of nitrogens with one attached hydrogen (secondary N) is 1. The topological polar surface area (TPSA) is 86.0 Å². The van der Waals surface area contributed by atoms with Crippen molar-refractivity contribution in [2.45, 2.75) is 33.4 Å². The third-order valence-corrected chi connectivity index (χ3v) is 4.83. The van der Waals surface area contributed by atoms with Crippen molar-refractivity contribution in [3.8, 4) is 17.2 Å². The molecule has 1 aromatic heterocycles. The van der Waals surface area contributed by atoms with E-state index >= 15 is 0 Å². The number of nitriles is 1. The van der Waals surface area contributed by atoms with Gasteiger partial charge in [0.05, 0.1) is 24.3 Å². The minimum atomic E-state index is -0.250. The van der Waals surface area contributed by atoms with Gasteiger partial charge in [-0.1, -0.05) is 18.2 Å². The average molecular weight is 385 g/mol. The van der Waals surface area contributed by atoms with Gasteiger partial charge in [-0.05, 0) is 78.9 Å². The SMILES string of the molecule is Cc1ccc(-c2cc(CO)cc(C(=O)NC(C)c3ccc(C)nc3)c2)c(C#N)c1. The van der Waals surface area contributed by atoms with Gasteiger partial charge in [-0.3, -0.25) is 9.78 Å². The maximum Gasteiger partial charge on any atom is 0.251 e. The van der Waals surface area contributed by atoms with Crippen LogP contribution < -0.4 is 5.32 Å². The minimum absolute atomic E-state index is 0.195. The van der Waals surface area contributed by atoms with E-state index in [9.17, 15) is 15.2 Å². The first-order valence-electron chi connectivity index (χ1n) is 9.40. The smallest absolute Gasteiger partial charge is 0.251 e. The molecular formula is C24H23N3O2. The van der Waals surface area contributed by atoms with Crippen LogP contribution in [-0.4, -0.2) is 16.0 Å². The lowest BCUT2D eigenvalue weighted by Gasteiger charge is -2.16. The summed E-state index contributed by atoms with van der Waals surface area (Å²) in [6, 6.07) is 16.7. The fraction of sp³-hybridized carbons (Fsp3) is 0.208. The zero-order valence-electron chi connectivity index (χ0n) is 16.7. The van der Waals surface area contributed by atoms with E-state index in [-0.39, 0.29) is 18.6 Å². The second kappa shape index (κ2) is 8.68. The zero-order valence-corrected chi connectivity index (χ0v) is 16.7. The van der Waals surface area contributed by atoms with Gasteiger partial charge in [-0.15, -0.1) is 0 Å². The molecule has 0 fully saturated rings. The monoisotopic (exact) mass is 385 g/mol. The standard InChI is InChI=1S/C24H23N3O2/c1-15-4-7-23(22(8-15)12-25)20-9-18(14-28)10-21(11-20)24(29)27-17(3)19-6-5-16(2)26-13-19/h4-11,13,17,28H,14H2,1-3H3,(H,27,29). The van der Waals surface area contributed by atoms with Crippen LogP contribution in [0.25, 0.3) is 11.1 Å². The number of benzene rings is 2. The predicted octanol–water partition coefficient (Wildman–Crippen LogP) is 4.22. The highest BCUT2D eigenvalue weighted by atomic mass is 16.3. The largest absolute Gasteiger partial charge is 0.392 e. The number of aliphatic hydroxyl groups is 1. The summed E-state index contributed by atoms with van der Waals surface area (Å²) >= 11 is 0. The molecule has 0 spiro atoms. The van der Waals surface area contributed by atoms with Crippen LogP contribution in [0.2, 0.25) is 0 Å². The van der Waals surface area contributed by atoms with Crippen molar-refractivity contribution in [1.29, 1.82) is 5.26 Å². The molecule has 0 bridgehead atoms. The Morgan fingerprint density at radius 1 is 1.17 bits per heavy atom. The van der Waals surface area contributed by atoms with Crippen LogP contribution in [0.1, 0.15) is 51.3 Å². The van der Waals surface area contributed by atoms with Crippen molar-refractivity contribution in [2.75, 3.05) is 0 Å². The van der Waals surface area contributed by atoms with Crippen LogP contribution in [0, 0.1) is 25.2 Å². The molecule has 3 rings (SSSR count). The number of pyridine rings is 1. The molecule has 3 aromatic rings. The Kier molecular flexibility index (Phi) is 6.06. The highest BCUT2D eigenvalue weighted by Gasteiger charge is 2.15. The number of aliphatic hydroxyl groups excluding tert-OH is 1. The van der Waals surface area contributed by atoms with Crippen LogP contribution in [0.15, 0.2) is 54.7 Å². The Morgan fingerprint density at radius 2 is 1.97 bits per heavy atom. The first kappa shape index (κ1) is 20.2. The Labute approximate surface area is 170 Å². The molecule has 146 valence electrons. The summed E-state index contributed by atoms with van der Waals surface area (Å²) < 4.78 is 0. The Hall–Kier alpha value is -3.49. The molecule has 5 nitrogen and oxygen atoms in total. The summed E-state index contributed by atoms with van der Waals surface area (Å²) in [5.74, 6) is -0.250. The van der Waals surface area contributed by atoms with E-state index in [0.29, 0.717) is 16.7 Å². The lowest BCUT2D eigenvalue weighted by atomic mass is 9.95. The first-order chi connectivity index (χ1) is 13.9. The van der Waals surface area contributed by atoms with E-state index in [1.54, 1.807) is 24.4 Å². The fourth-order valence-electron chi connectivity index (χ4n) is 3.17. The van der Waals surface area contributed by atoms with Gasteiger partial charge in [0.25, 0.3) is 5.91 Å². The van der Waals surface area contributed by atoms with Crippen molar-refractivity contribution in [1.82, 2.24) is 10.3 Å². The van der Waals surface area contributed by atoms with Crippen molar-refractivity contribution < 1.29 is 9.90 Å². The number of rotatable bonds is 5. The molecule has 0 aliphatic rings. The summed E-state index contributed by atoms with van der Waals surface area (Å²) in [4.78, 5) is 17.2. The van der Waals surface area contributed by atoms with Gasteiger partial charge in [0.2, 0.25) is 0 Å². The average Bonchev–Trinajstić information content (AvgIpc) is 2.73. The van der Waals surface area contributed by atoms with Gasteiger partial charge in [-0.25, -0.2) is 0 Å². The molecule has 0 aliphatic heterocycles. The minimum Gasteiger partial charge on any atom is -0.392 e. The third-order valence-electron chi connectivity index (χ3n) is 4.83. The highest BCUT2D eigenvalue weighted by molar-refractivity contribution is 5.96. The van der Waals surface area contributed by atoms with Crippen LogP contribution in [0.5, 0.6) is 0 Å². The normalized spacial score (nSPS) is 11.6. The van der Waals surface area contributed by atoms with Gasteiger partial charge in [0, 0.05) is 17.5 Å². The Bertz CT molecular complexity index is 1080. The van der Waals surface area contributed by atoms with Gasteiger partial charge < -0.3 is 10.4 Å². The number of carbonyl (C=O) groups excluding carboxylic acids is 1. The van der Waals surface area contributed by atoms with Gasteiger partial charge in [-0.2, -0.15) is 5.26 Å². The molecule has 0 saturated carbocycles. The Morgan fingerprint density at radius 3 is 2.62 bits per heavy atom. The van der Waals surface area contributed by atoms with Crippen molar-refractivity contribution in [2.24, 2.45) is 0 Å². The summed E-state index contributed by atoms with van der Waals surface area (Å²) in [5, 5.41) is 22.1. The van der Waals surface area contributed by atoms with E-state index in [4.69, 9.17) is 0 Å². The first-order valence-corrected chi connectivity index (χ1v) is 9.40. The fourth-order valence-corrected chi connectivity index (χ4v) is 3.17. The Balaban J connectivity index is 1.93. The lowest BCUT2D eigenvalue weighted by molar-refractivity contribution is 0.0939. The molecule has 1 unspecified atom stereocenters. The summed E-state index contributed by atoms with van der Waals surface area (Å²) in [5.41, 5.74) is 5.85. The molecule has 1 amide bonds. The second-order valence-corrected chi connectivity index (χ2v) is 7.17. The molecule has 0 radical (unpaired) electrons. The van der Waals surface area contributed by atoms with Gasteiger partial charge in [0.1, 0.15) is 0 Å². The van der Waals surface area contributed by atoms with Crippen molar-refractivity contribution in [3.05, 3.63) is 88.2 Å². The summed E-state index contributed by atoms with van der Waals surface area (Å²) in [7, 11) is 0. The maximum absolute atomic E-state index is 12.9. The number of amides is 1. The molecule has 29 heavy (non-hydrogen) atoms. The third kappa shape index (κ3) is 4.68. The van der Waals surface area contributed by atoms with Crippen LogP contribution in [0.4, 0.5) is 0 Å². The van der Waals surface area contributed by atoms with Crippen LogP contribution in [0.3, 0.4) is 0 Å². The number of hydrogen-bond acceptors (Lipinski definition) is 4. The molecule has 1 heterocycles. The predicted molar refractivity (Wildman–Crippen MR) is 112 cm³/mol. The summed E-state index contributed by atoms with van der Waals surface area (Å²) in [6.45, 7) is 5.54. The quantitative estimate of drug-likeness (QED) is 0.688. The number of carbonyl (C=O) groups is 1. The van der Waals surface area contributed by atoms with Crippen LogP contribution in [-0.2, 0) is 6.61 Å². The molecular weight excluding hydrogens is 362 g/mol. The van der Waals surface area contributed by atoms with E-state index < -0.39 is 0 Å². The lowest BCUT2D eigenvalue weighted by Crippen LogP contribution is -2.27. The number of aromatic nitrogens is 1. The van der Waals surface area contributed by atoms with Crippen molar-refractivity contribution in [3.63, 3.8) is 0 Å². The second-order valence-electron chi connectivity index (χ2n) is 7.17. The summed E-state index contributed by atoms with van der Waals surface area (Å²) in [6.07, 6.45) is 1.75. The van der Waals surface area contributed by atoms with Crippen molar-refractivity contribution >= 4 is 5.91 Å². The van der Waals surface area contributed by atoms with Gasteiger partial charge >= 0.3 is 0 Å². The van der Waals surface area contributed by atoms with E-state index in [1.807, 2.05) is 51.1 Å². The number of aryl methyl sites for hydroxylation is 2. The molecule has 1 atom stereocenters. The molecule has 2 N–H and O–H groups in total. The maximum atomic E-state index is 12.9. The van der Waals surface area contributed by atoms with E-state index in [1.165, 1.54) is 0 Å². The molecule has 0 aliphatic carbocycles. The van der Waals surface area contributed by atoms with Crippen LogP contribution >= 0.6 is 0 Å². The highest BCUT2D eigenvalue weighted by Crippen LogP contribution is 2.27. The number of nitrogens with zero attached hydrogens (tertiary/aromatic N) is 2.